The second kappa shape index (κ2) is 5.11. The Morgan fingerprint density at radius 3 is 2.47 bits per heavy atom. The van der Waals surface area contributed by atoms with Gasteiger partial charge in [-0.15, -0.1) is 0 Å². The van der Waals surface area contributed by atoms with Crippen LogP contribution in [-0.4, -0.2) is 4.98 Å². The first-order chi connectivity index (χ1) is 8.22. The van der Waals surface area contributed by atoms with Gasteiger partial charge in [-0.2, -0.15) is 0 Å². The predicted octanol–water partition coefficient (Wildman–Crippen LogP) is 3.00. The first kappa shape index (κ1) is 11.8. The van der Waals surface area contributed by atoms with Crippen molar-refractivity contribution in [3.63, 3.8) is 0 Å². The van der Waals surface area contributed by atoms with Crippen LogP contribution in [0.3, 0.4) is 0 Å². The van der Waals surface area contributed by atoms with Gasteiger partial charge in [0.25, 0.3) is 0 Å². The van der Waals surface area contributed by atoms with Crippen molar-refractivity contribution in [1.29, 1.82) is 0 Å². The number of nitrogens with zero attached hydrogens (tertiary/aromatic N) is 1. The molecule has 0 spiro atoms. The topological polar surface area (TPSA) is 38.9 Å². The molecule has 0 aliphatic heterocycles. The van der Waals surface area contributed by atoms with Crippen molar-refractivity contribution >= 4 is 0 Å². The van der Waals surface area contributed by atoms with E-state index in [2.05, 4.69) is 43.1 Å². The molecule has 17 heavy (non-hydrogen) atoms. The molecule has 0 aliphatic rings. The van der Waals surface area contributed by atoms with Crippen LogP contribution in [0.25, 0.3) is 0 Å². The Labute approximate surface area is 103 Å². The maximum Gasteiger partial charge on any atom is 0.0569 e. The molecule has 0 bridgehead atoms. The average molecular weight is 226 g/mol. The molecule has 1 aromatic carbocycles. The molecule has 88 valence electrons. The number of nitrogens with two attached hydrogens (primary N) is 1. The van der Waals surface area contributed by atoms with Gasteiger partial charge in [0.15, 0.2) is 0 Å². The SMILES string of the molecule is CCc1ccc(C(N)c2cnccc2C)cc1. The van der Waals surface area contributed by atoms with Gasteiger partial charge in [-0.3, -0.25) is 4.98 Å². The van der Waals surface area contributed by atoms with Crippen LogP contribution in [0.5, 0.6) is 0 Å². The van der Waals surface area contributed by atoms with Crippen LogP contribution in [0.4, 0.5) is 0 Å². The zero-order valence-electron chi connectivity index (χ0n) is 10.4. The lowest BCUT2D eigenvalue weighted by Crippen LogP contribution is -2.13. The Bertz CT molecular complexity index is 489. The summed E-state index contributed by atoms with van der Waals surface area (Å²) in [4.78, 5) is 4.15. The predicted molar refractivity (Wildman–Crippen MR) is 70.8 cm³/mol. The zero-order chi connectivity index (χ0) is 12.3. The molecular weight excluding hydrogens is 208 g/mol. The number of aromatic nitrogens is 1. The quantitative estimate of drug-likeness (QED) is 0.873. The van der Waals surface area contributed by atoms with Crippen molar-refractivity contribution in [3.8, 4) is 0 Å². The molecule has 1 unspecified atom stereocenters. The van der Waals surface area contributed by atoms with Crippen molar-refractivity contribution in [2.75, 3.05) is 0 Å². The molecule has 1 atom stereocenters. The third-order valence-electron chi connectivity index (χ3n) is 3.16. The molecule has 2 rings (SSSR count). The summed E-state index contributed by atoms with van der Waals surface area (Å²) < 4.78 is 0. The van der Waals surface area contributed by atoms with E-state index in [0.29, 0.717) is 0 Å². The highest BCUT2D eigenvalue weighted by molar-refractivity contribution is 5.35. The van der Waals surface area contributed by atoms with Crippen molar-refractivity contribution in [2.45, 2.75) is 26.3 Å². The smallest absolute Gasteiger partial charge is 0.0569 e. The van der Waals surface area contributed by atoms with Crippen molar-refractivity contribution in [1.82, 2.24) is 4.98 Å². The second-order valence-corrected chi connectivity index (χ2v) is 4.31. The largest absolute Gasteiger partial charge is 0.320 e. The second-order valence-electron chi connectivity index (χ2n) is 4.31. The highest BCUT2D eigenvalue weighted by atomic mass is 14.7. The van der Waals surface area contributed by atoms with E-state index in [9.17, 15) is 0 Å². The summed E-state index contributed by atoms with van der Waals surface area (Å²) in [5, 5.41) is 0. The standard InChI is InChI=1S/C15H18N2/c1-3-12-4-6-13(7-5-12)15(16)14-10-17-9-8-11(14)2/h4-10,15H,3,16H2,1-2H3. The lowest BCUT2D eigenvalue weighted by molar-refractivity contribution is 0.851. The molecule has 0 aliphatic carbocycles. The first-order valence-corrected chi connectivity index (χ1v) is 5.97. The summed E-state index contributed by atoms with van der Waals surface area (Å²) in [6.07, 6.45) is 4.71. The molecule has 2 nitrogen and oxygen atoms in total. The van der Waals surface area contributed by atoms with Gasteiger partial charge in [0, 0.05) is 12.4 Å². The van der Waals surface area contributed by atoms with Gasteiger partial charge in [-0.1, -0.05) is 31.2 Å². The monoisotopic (exact) mass is 226 g/mol. The van der Waals surface area contributed by atoms with Gasteiger partial charge in [0.2, 0.25) is 0 Å². The van der Waals surface area contributed by atoms with E-state index >= 15 is 0 Å². The minimum absolute atomic E-state index is 0.0883. The normalized spacial score (nSPS) is 12.4. The number of hydrogen-bond acceptors (Lipinski definition) is 2. The van der Waals surface area contributed by atoms with Crippen LogP contribution >= 0.6 is 0 Å². The van der Waals surface area contributed by atoms with Gasteiger partial charge in [0.05, 0.1) is 6.04 Å². The van der Waals surface area contributed by atoms with E-state index < -0.39 is 0 Å². The summed E-state index contributed by atoms with van der Waals surface area (Å²) in [6.45, 7) is 4.22. The van der Waals surface area contributed by atoms with Crippen LogP contribution < -0.4 is 5.73 Å². The Morgan fingerprint density at radius 2 is 1.88 bits per heavy atom. The third-order valence-corrected chi connectivity index (χ3v) is 3.16. The van der Waals surface area contributed by atoms with Crippen LogP contribution in [0, 0.1) is 6.92 Å². The summed E-state index contributed by atoms with van der Waals surface area (Å²) in [6, 6.07) is 10.4. The number of rotatable bonds is 3. The summed E-state index contributed by atoms with van der Waals surface area (Å²) in [5.74, 6) is 0. The fraction of sp³-hybridized carbons (Fsp3) is 0.267. The molecule has 1 aromatic heterocycles. The van der Waals surface area contributed by atoms with E-state index in [1.54, 1.807) is 6.20 Å². The maximum absolute atomic E-state index is 6.27. The number of aryl methyl sites for hydroxylation is 2. The minimum atomic E-state index is -0.0883. The zero-order valence-corrected chi connectivity index (χ0v) is 10.4. The molecule has 0 saturated carbocycles. The van der Waals surface area contributed by atoms with Crippen LogP contribution in [0.15, 0.2) is 42.7 Å². The minimum Gasteiger partial charge on any atom is -0.320 e. The van der Waals surface area contributed by atoms with Crippen molar-refractivity contribution in [3.05, 3.63) is 65.0 Å². The Kier molecular flexibility index (Phi) is 3.55. The molecule has 0 fully saturated rings. The number of pyridine rings is 1. The summed E-state index contributed by atoms with van der Waals surface area (Å²) in [7, 11) is 0. The van der Waals surface area contributed by atoms with Gasteiger partial charge in [0.1, 0.15) is 0 Å². The molecule has 2 N–H and O–H groups in total. The molecule has 1 heterocycles. The van der Waals surface area contributed by atoms with Crippen LogP contribution in [-0.2, 0) is 6.42 Å². The molecular formula is C15H18N2. The van der Waals surface area contributed by atoms with Gasteiger partial charge in [-0.05, 0) is 41.7 Å². The Morgan fingerprint density at radius 1 is 1.18 bits per heavy atom. The highest BCUT2D eigenvalue weighted by Gasteiger charge is 2.10. The molecule has 2 heteroatoms. The van der Waals surface area contributed by atoms with E-state index in [-0.39, 0.29) is 6.04 Å². The van der Waals surface area contributed by atoms with E-state index in [4.69, 9.17) is 5.73 Å². The summed E-state index contributed by atoms with van der Waals surface area (Å²) in [5.41, 5.74) is 11.0. The van der Waals surface area contributed by atoms with E-state index in [1.165, 1.54) is 11.1 Å². The lowest BCUT2D eigenvalue weighted by atomic mass is 9.96. The van der Waals surface area contributed by atoms with Crippen molar-refractivity contribution < 1.29 is 0 Å². The fourth-order valence-electron chi connectivity index (χ4n) is 1.94. The van der Waals surface area contributed by atoms with Gasteiger partial charge in [-0.25, -0.2) is 0 Å². The van der Waals surface area contributed by atoms with Crippen molar-refractivity contribution in [2.24, 2.45) is 5.73 Å². The molecule has 0 radical (unpaired) electrons. The van der Waals surface area contributed by atoms with E-state index in [0.717, 1.165) is 17.5 Å². The Hall–Kier alpha value is -1.67. The first-order valence-electron chi connectivity index (χ1n) is 5.97. The highest BCUT2D eigenvalue weighted by Crippen LogP contribution is 2.21. The van der Waals surface area contributed by atoms with Gasteiger partial charge >= 0.3 is 0 Å². The fourth-order valence-corrected chi connectivity index (χ4v) is 1.94. The third kappa shape index (κ3) is 2.53. The Balaban J connectivity index is 2.30. The van der Waals surface area contributed by atoms with Gasteiger partial charge < -0.3 is 5.73 Å². The molecule has 0 saturated heterocycles. The number of benzene rings is 1. The lowest BCUT2D eigenvalue weighted by Gasteiger charge is -2.14. The van der Waals surface area contributed by atoms with E-state index in [1.807, 2.05) is 12.3 Å². The number of hydrogen-bond donors (Lipinski definition) is 1. The molecule has 0 amide bonds. The van der Waals surface area contributed by atoms with Crippen LogP contribution in [0.1, 0.15) is 35.2 Å². The maximum atomic E-state index is 6.27. The summed E-state index contributed by atoms with van der Waals surface area (Å²) >= 11 is 0. The average Bonchev–Trinajstić information content (AvgIpc) is 2.39. The molecule has 2 aromatic rings. The van der Waals surface area contributed by atoms with Crippen LogP contribution in [0.2, 0.25) is 0 Å².